The van der Waals surface area contributed by atoms with Gasteiger partial charge in [-0.2, -0.15) is 0 Å². The molecule has 1 aliphatic rings. The second kappa shape index (κ2) is 10.5. The highest BCUT2D eigenvalue weighted by Gasteiger charge is 2.15. The van der Waals surface area contributed by atoms with Gasteiger partial charge in [-0.05, 0) is 43.7 Å². The molecule has 3 rings (SSSR count). The molecule has 7 nitrogen and oxygen atoms in total. The van der Waals surface area contributed by atoms with Crippen LogP contribution in [0.15, 0.2) is 34.9 Å². The van der Waals surface area contributed by atoms with Crippen molar-refractivity contribution in [1.29, 1.82) is 0 Å². The van der Waals surface area contributed by atoms with E-state index >= 15 is 0 Å². The van der Waals surface area contributed by atoms with E-state index in [9.17, 15) is 4.79 Å². The van der Waals surface area contributed by atoms with Gasteiger partial charge in [-0.15, -0.1) is 0 Å². The third-order valence-electron chi connectivity index (χ3n) is 4.43. The number of hydrogen-bond acceptors (Lipinski definition) is 6. The zero-order chi connectivity index (χ0) is 20.6. The van der Waals surface area contributed by atoms with Gasteiger partial charge < -0.3 is 24.4 Å². The summed E-state index contributed by atoms with van der Waals surface area (Å²) in [5.41, 5.74) is 1.49. The van der Waals surface area contributed by atoms with Crippen molar-refractivity contribution >= 4 is 33.3 Å². The van der Waals surface area contributed by atoms with Crippen molar-refractivity contribution in [2.24, 2.45) is 0 Å². The Balaban J connectivity index is 1.64. The highest BCUT2D eigenvalue weighted by Crippen LogP contribution is 2.34. The van der Waals surface area contributed by atoms with Crippen molar-refractivity contribution in [3.8, 4) is 11.5 Å². The highest BCUT2D eigenvalue weighted by molar-refractivity contribution is 9.10. The van der Waals surface area contributed by atoms with Crippen molar-refractivity contribution in [3.05, 3.63) is 40.5 Å². The Kier molecular flexibility index (Phi) is 7.71. The van der Waals surface area contributed by atoms with Crippen LogP contribution in [0.3, 0.4) is 0 Å². The second-order valence-corrected chi connectivity index (χ2v) is 7.34. The topological polar surface area (TPSA) is 72.9 Å². The predicted molar refractivity (Wildman–Crippen MR) is 116 cm³/mol. The molecule has 1 saturated heterocycles. The molecule has 1 amide bonds. The van der Waals surface area contributed by atoms with Gasteiger partial charge >= 0.3 is 0 Å². The molecule has 1 fully saturated rings. The lowest BCUT2D eigenvalue weighted by Crippen LogP contribution is -2.36. The number of pyridine rings is 1. The standard InChI is InChI=1S/C21H26BrN3O4/c1-3-28-18-11-15(17(22)13-19(18)29-4-2)12-21(26)24-16-5-6-20(23-14-16)25-7-9-27-10-8-25/h5-6,11,13-14H,3-4,7-10,12H2,1-2H3,(H,24,26). The maximum absolute atomic E-state index is 12.5. The molecule has 1 N–H and O–H groups in total. The van der Waals surface area contributed by atoms with Crippen molar-refractivity contribution < 1.29 is 19.0 Å². The smallest absolute Gasteiger partial charge is 0.228 e. The summed E-state index contributed by atoms with van der Waals surface area (Å²) in [6, 6.07) is 7.48. The normalized spacial score (nSPS) is 13.8. The molecule has 0 atom stereocenters. The quantitative estimate of drug-likeness (QED) is 0.643. The summed E-state index contributed by atoms with van der Waals surface area (Å²) in [5, 5.41) is 2.90. The maximum Gasteiger partial charge on any atom is 0.228 e. The molecule has 1 aromatic heterocycles. The first-order valence-electron chi connectivity index (χ1n) is 9.77. The summed E-state index contributed by atoms with van der Waals surface area (Å²) < 4.78 is 17.4. The van der Waals surface area contributed by atoms with Gasteiger partial charge in [0, 0.05) is 17.6 Å². The Labute approximate surface area is 179 Å². The molecule has 0 saturated carbocycles. The first-order chi connectivity index (χ1) is 14.1. The van der Waals surface area contributed by atoms with Crippen molar-refractivity contribution in [2.45, 2.75) is 20.3 Å². The first kappa shape index (κ1) is 21.4. The number of hydrogen-bond donors (Lipinski definition) is 1. The Morgan fingerprint density at radius 3 is 2.48 bits per heavy atom. The van der Waals surface area contributed by atoms with Crippen molar-refractivity contribution in [1.82, 2.24) is 4.98 Å². The van der Waals surface area contributed by atoms with E-state index in [1.807, 2.05) is 38.1 Å². The lowest BCUT2D eigenvalue weighted by atomic mass is 10.1. The van der Waals surface area contributed by atoms with Gasteiger partial charge in [0.1, 0.15) is 5.82 Å². The van der Waals surface area contributed by atoms with Gasteiger partial charge in [-0.3, -0.25) is 4.79 Å². The Bertz CT molecular complexity index is 823. The van der Waals surface area contributed by atoms with Crippen LogP contribution in [0.25, 0.3) is 0 Å². The van der Waals surface area contributed by atoms with Crippen LogP contribution in [0, 0.1) is 0 Å². The number of morpholine rings is 1. The van der Waals surface area contributed by atoms with E-state index < -0.39 is 0 Å². The summed E-state index contributed by atoms with van der Waals surface area (Å²) >= 11 is 3.53. The number of amides is 1. The van der Waals surface area contributed by atoms with Crippen LogP contribution in [0.2, 0.25) is 0 Å². The van der Waals surface area contributed by atoms with E-state index in [0.717, 1.165) is 28.9 Å². The van der Waals surface area contributed by atoms with Crippen LogP contribution in [-0.4, -0.2) is 50.4 Å². The molecule has 0 aliphatic carbocycles. The number of rotatable bonds is 8. The van der Waals surface area contributed by atoms with Crippen LogP contribution in [-0.2, 0) is 16.0 Å². The fourth-order valence-corrected chi connectivity index (χ4v) is 3.53. The van der Waals surface area contributed by atoms with Gasteiger partial charge in [0.05, 0.1) is 44.7 Å². The van der Waals surface area contributed by atoms with Crippen LogP contribution in [0.4, 0.5) is 11.5 Å². The monoisotopic (exact) mass is 463 g/mol. The highest BCUT2D eigenvalue weighted by atomic mass is 79.9. The molecular formula is C21H26BrN3O4. The predicted octanol–water partition coefficient (Wildman–Crippen LogP) is 3.66. The molecule has 0 radical (unpaired) electrons. The fourth-order valence-electron chi connectivity index (χ4n) is 3.07. The van der Waals surface area contributed by atoms with Gasteiger partial charge in [-0.1, -0.05) is 15.9 Å². The second-order valence-electron chi connectivity index (χ2n) is 6.49. The van der Waals surface area contributed by atoms with Gasteiger partial charge in [0.15, 0.2) is 11.5 Å². The first-order valence-corrected chi connectivity index (χ1v) is 10.6. The molecule has 2 aromatic rings. The Morgan fingerprint density at radius 1 is 1.17 bits per heavy atom. The summed E-state index contributed by atoms with van der Waals surface area (Å²) in [5.74, 6) is 2.06. The van der Waals surface area contributed by atoms with Crippen LogP contribution < -0.4 is 19.7 Å². The summed E-state index contributed by atoms with van der Waals surface area (Å²) in [6.45, 7) is 7.97. The summed E-state index contributed by atoms with van der Waals surface area (Å²) in [4.78, 5) is 19.2. The summed E-state index contributed by atoms with van der Waals surface area (Å²) in [7, 11) is 0. The average molecular weight is 464 g/mol. The van der Waals surface area contributed by atoms with E-state index in [-0.39, 0.29) is 12.3 Å². The molecular weight excluding hydrogens is 438 g/mol. The third-order valence-corrected chi connectivity index (χ3v) is 5.17. The number of nitrogens with zero attached hydrogens (tertiary/aromatic N) is 2. The van der Waals surface area contributed by atoms with E-state index in [2.05, 4.69) is 31.1 Å². The van der Waals surface area contributed by atoms with Crippen LogP contribution in [0.5, 0.6) is 11.5 Å². The minimum Gasteiger partial charge on any atom is -0.490 e. The molecule has 156 valence electrons. The number of carbonyl (C=O) groups excluding carboxylic acids is 1. The van der Waals surface area contributed by atoms with E-state index in [1.165, 1.54) is 0 Å². The average Bonchev–Trinajstić information content (AvgIpc) is 2.73. The molecule has 1 aromatic carbocycles. The van der Waals surface area contributed by atoms with E-state index in [0.29, 0.717) is 43.6 Å². The van der Waals surface area contributed by atoms with Gasteiger partial charge in [-0.25, -0.2) is 4.98 Å². The number of halogens is 1. The number of nitrogens with one attached hydrogen (secondary N) is 1. The molecule has 1 aliphatic heterocycles. The Morgan fingerprint density at radius 2 is 1.86 bits per heavy atom. The van der Waals surface area contributed by atoms with Crippen molar-refractivity contribution in [3.63, 3.8) is 0 Å². The Hall–Kier alpha value is -2.32. The maximum atomic E-state index is 12.5. The van der Waals surface area contributed by atoms with Crippen LogP contribution in [0.1, 0.15) is 19.4 Å². The fraction of sp³-hybridized carbons (Fsp3) is 0.429. The van der Waals surface area contributed by atoms with E-state index in [4.69, 9.17) is 14.2 Å². The number of ether oxygens (including phenoxy) is 3. The van der Waals surface area contributed by atoms with Crippen LogP contribution >= 0.6 is 15.9 Å². The molecule has 0 bridgehead atoms. The third kappa shape index (κ3) is 5.83. The zero-order valence-corrected chi connectivity index (χ0v) is 18.3. The van der Waals surface area contributed by atoms with Crippen molar-refractivity contribution in [2.75, 3.05) is 49.7 Å². The molecule has 0 spiro atoms. The van der Waals surface area contributed by atoms with Gasteiger partial charge in [0.25, 0.3) is 0 Å². The largest absolute Gasteiger partial charge is 0.490 e. The number of carbonyl (C=O) groups is 1. The zero-order valence-electron chi connectivity index (χ0n) is 16.7. The molecule has 8 heteroatoms. The summed E-state index contributed by atoms with van der Waals surface area (Å²) in [6.07, 6.45) is 1.89. The molecule has 0 unspecified atom stereocenters. The number of aromatic nitrogens is 1. The SMILES string of the molecule is CCOc1cc(Br)c(CC(=O)Nc2ccc(N3CCOCC3)nc2)cc1OCC. The molecule has 29 heavy (non-hydrogen) atoms. The minimum atomic E-state index is -0.127. The lowest BCUT2D eigenvalue weighted by molar-refractivity contribution is -0.115. The lowest BCUT2D eigenvalue weighted by Gasteiger charge is -2.27. The van der Waals surface area contributed by atoms with E-state index in [1.54, 1.807) is 6.20 Å². The minimum absolute atomic E-state index is 0.127. The number of benzene rings is 1. The molecule has 2 heterocycles. The number of anilines is 2. The van der Waals surface area contributed by atoms with Gasteiger partial charge in [0.2, 0.25) is 5.91 Å².